The number of carbonyl (C=O) groups is 1. The van der Waals surface area contributed by atoms with E-state index in [0.29, 0.717) is 6.61 Å². The summed E-state index contributed by atoms with van der Waals surface area (Å²) in [6.07, 6.45) is 3.47. The number of rotatable bonds is 11. The summed E-state index contributed by atoms with van der Waals surface area (Å²) in [5, 5.41) is 3.60. The summed E-state index contributed by atoms with van der Waals surface area (Å²) in [6.45, 7) is 10.1. The van der Waals surface area contributed by atoms with Gasteiger partial charge in [-0.25, -0.2) is 0 Å². The summed E-state index contributed by atoms with van der Waals surface area (Å²) in [4.78, 5) is 12.8. The third-order valence-corrected chi connectivity index (χ3v) is 5.31. The van der Waals surface area contributed by atoms with Crippen molar-refractivity contribution in [2.24, 2.45) is 5.41 Å². The second kappa shape index (κ2) is 10.7. The third-order valence-electron chi connectivity index (χ3n) is 5.31. The van der Waals surface area contributed by atoms with E-state index in [1.54, 1.807) is 7.11 Å². The van der Waals surface area contributed by atoms with Crippen molar-refractivity contribution in [1.82, 2.24) is 0 Å². The van der Waals surface area contributed by atoms with Crippen LogP contribution in [0.3, 0.4) is 0 Å². The molecule has 0 aliphatic rings. The van der Waals surface area contributed by atoms with E-state index in [1.807, 2.05) is 69.3 Å². The summed E-state index contributed by atoms with van der Waals surface area (Å²) < 4.78 is 10.6. The van der Waals surface area contributed by atoms with Gasteiger partial charge in [-0.3, -0.25) is 4.79 Å². The number of carbonyl (C=O) groups excluding carboxylic acids is 1. The molecule has 0 heterocycles. The van der Waals surface area contributed by atoms with Crippen molar-refractivity contribution in [3.63, 3.8) is 0 Å². The van der Waals surface area contributed by atoms with E-state index in [4.69, 9.17) is 9.47 Å². The van der Waals surface area contributed by atoms with Gasteiger partial charge in [-0.1, -0.05) is 36.4 Å². The van der Waals surface area contributed by atoms with E-state index in [0.717, 1.165) is 29.8 Å². The molecule has 0 radical (unpaired) electrons. The lowest BCUT2D eigenvalue weighted by molar-refractivity contribution is -0.155. The topological polar surface area (TPSA) is 47.6 Å². The molecule has 0 unspecified atom stereocenters. The molecule has 0 aliphatic heterocycles. The minimum atomic E-state index is -0.654. The summed E-state index contributed by atoms with van der Waals surface area (Å²) in [7, 11) is 1.66. The largest absolute Gasteiger partial charge is 0.497 e. The predicted octanol–water partition coefficient (Wildman–Crippen LogP) is 5.82. The van der Waals surface area contributed by atoms with Crippen LogP contribution in [0.5, 0.6) is 5.75 Å². The number of ether oxygens (including phenoxy) is 2. The third kappa shape index (κ3) is 6.11. The maximum atomic E-state index is 12.8. The van der Waals surface area contributed by atoms with Crippen molar-refractivity contribution in [2.75, 3.05) is 19.0 Å². The minimum Gasteiger partial charge on any atom is -0.497 e. The van der Waals surface area contributed by atoms with Gasteiger partial charge in [0, 0.05) is 17.6 Å². The molecule has 0 saturated heterocycles. The fraction of sp³-hybridized carbons (Fsp3) is 0.400. The highest BCUT2D eigenvalue weighted by atomic mass is 16.5. The highest BCUT2D eigenvalue weighted by Crippen LogP contribution is 2.41. The number of methoxy groups -OCH3 is 1. The van der Waals surface area contributed by atoms with Crippen LogP contribution in [0.4, 0.5) is 5.69 Å². The Hall–Kier alpha value is -2.75. The number of hydrogen-bond acceptors (Lipinski definition) is 4. The molecule has 0 saturated carbocycles. The number of esters is 1. The van der Waals surface area contributed by atoms with Crippen LogP contribution in [0.2, 0.25) is 0 Å². The molecule has 4 heteroatoms. The van der Waals surface area contributed by atoms with Crippen molar-refractivity contribution in [2.45, 2.75) is 45.6 Å². The molecule has 2 aromatic carbocycles. The SMILES string of the molecule is C=CC[C@H](C[C@H](c1ccccc1)C(C)(C)C(=O)OCC)Nc1ccc(OC)cc1. The number of benzene rings is 2. The smallest absolute Gasteiger partial charge is 0.312 e. The lowest BCUT2D eigenvalue weighted by atomic mass is 9.71. The minimum absolute atomic E-state index is 0.00144. The van der Waals surface area contributed by atoms with Crippen LogP contribution >= 0.6 is 0 Å². The Morgan fingerprint density at radius 2 is 1.79 bits per heavy atom. The zero-order valence-corrected chi connectivity index (χ0v) is 18.0. The molecule has 2 aromatic rings. The Morgan fingerprint density at radius 3 is 2.34 bits per heavy atom. The zero-order valence-electron chi connectivity index (χ0n) is 18.0. The van der Waals surface area contributed by atoms with Gasteiger partial charge in [-0.15, -0.1) is 6.58 Å². The van der Waals surface area contributed by atoms with E-state index >= 15 is 0 Å². The molecular weight excluding hydrogens is 362 g/mol. The lowest BCUT2D eigenvalue weighted by Gasteiger charge is -2.35. The first-order chi connectivity index (χ1) is 13.9. The highest BCUT2D eigenvalue weighted by molar-refractivity contribution is 5.77. The molecule has 4 nitrogen and oxygen atoms in total. The van der Waals surface area contributed by atoms with Crippen molar-refractivity contribution in [1.29, 1.82) is 0 Å². The summed E-state index contributed by atoms with van der Waals surface area (Å²) in [5.41, 5.74) is 1.49. The summed E-state index contributed by atoms with van der Waals surface area (Å²) >= 11 is 0. The van der Waals surface area contributed by atoms with Gasteiger partial charge in [0.25, 0.3) is 0 Å². The molecule has 29 heavy (non-hydrogen) atoms. The first-order valence-electron chi connectivity index (χ1n) is 10.2. The quantitative estimate of drug-likeness (QED) is 0.385. The molecular formula is C25H33NO3. The highest BCUT2D eigenvalue weighted by Gasteiger charge is 2.40. The number of anilines is 1. The molecule has 0 aliphatic carbocycles. The fourth-order valence-electron chi connectivity index (χ4n) is 3.61. The monoisotopic (exact) mass is 395 g/mol. The van der Waals surface area contributed by atoms with Gasteiger partial charge < -0.3 is 14.8 Å². The molecule has 156 valence electrons. The van der Waals surface area contributed by atoms with Crippen molar-refractivity contribution in [3.8, 4) is 5.75 Å². The van der Waals surface area contributed by atoms with Gasteiger partial charge in [0.1, 0.15) is 5.75 Å². The van der Waals surface area contributed by atoms with Gasteiger partial charge in [0.05, 0.1) is 19.1 Å². The predicted molar refractivity (Wildman–Crippen MR) is 119 cm³/mol. The van der Waals surface area contributed by atoms with Crippen LogP contribution in [0.1, 0.15) is 45.1 Å². The summed E-state index contributed by atoms with van der Waals surface area (Å²) in [5.74, 6) is 0.649. The Kier molecular flexibility index (Phi) is 8.32. The van der Waals surface area contributed by atoms with E-state index in [2.05, 4.69) is 24.0 Å². The van der Waals surface area contributed by atoms with Gasteiger partial charge >= 0.3 is 5.97 Å². The van der Waals surface area contributed by atoms with Crippen LogP contribution in [-0.4, -0.2) is 25.7 Å². The average Bonchev–Trinajstić information content (AvgIpc) is 2.73. The molecule has 2 atom stereocenters. The lowest BCUT2D eigenvalue weighted by Crippen LogP contribution is -2.36. The zero-order chi connectivity index (χ0) is 21.3. The normalized spacial score (nSPS) is 13.2. The second-order valence-corrected chi connectivity index (χ2v) is 7.74. The van der Waals surface area contributed by atoms with Crippen molar-refractivity contribution >= 4 is 11.7 Å². The van der Waals surface area contributed by atoms with Crippen LogP contribution in [0, 0.1) is 5.41 Å². The Labute approximate surface area is 174 Å². The molecule has 0 amide bonds. The Balaban J connectivity index is 2.29. The van der Waals surface area contributed by atoms with Crippen LogP contribution in [0.15, 0.2) is 67.3 Å². The first kappa shape index (κ1) is 22.5. The molecule has 0 fully saturated rings. The maximum Gasteiger partial charge on any atom is 0.312 e. The van der Waals surface area contributed by atoms with Crippen LogP contribution in [-0.2, 0) is 9.53 Å². The van der Waals surface area contributed by atoms with Gasteiger partial charge in [-0.2, -0.15) is 0 Å². The van der Waals surface area contributed by atoms with Gasteiger partial charge in [0.2, 0.25) is 0 Å². The molecule has 1 N–H and O–H groups in total. The van der Waals surface area contributed by atoms with Crippen LogP contribution in [0.25, 0.3) is 0 Å². The fourth-order valence-corrected chi connectivity index (χ4v) is 3.61. The van der Waals surface area contributed by atoms with Crippen LogP contribution < -0.4 is 10.1 Å². The van der Waals surface area contributed by atoms with Crippen molar-refractivity contribution in [3.05, 3.63) is 72.8 Å². The van der Waals surface area contributed by atoms with Gasteiger partial charge in [0.15, 0.2) is 0 Å². The van der Waals surface area contributed by atoms with Gasteiger partial charge in [-0.05, 0) is 63.4 Å². The average molecular weight is 396 g/mol. The van der Waals surface area contributed by atoms with E-state index in [1.165, 1.54) is 0 Å². The van der Waals surface area contributed by atoms with E-state index < -0.39 is 5.41 Å². The second-order valence-electron chi connectivity index (χ2n) is 7.74. The molecule has 0 bridgehead atoms. The van der Waals surface area contributed by atoms with Crippen molar-refractivity contribution < 1.29 is 14.3 Å². The van der Waals surface area contributed by atoms with E-state index in [9.17, 15) is 4.79 Å². The number of nitrogens with one attached hydrogen (secondary N) is 1. The summed E-state index contributed by atoms with van der Waals surface area (Å²) in [6, 6.07) is 18.2. The Morgan fingerprint density at radius 1 is 1.14 bits per heavy atom. The Bertz CT molecular complexity index is 768. The molecule has 0 aromatic heterocycles. The van der Waals surface area contributed by atoms with E-state index in [-0.39, 0.29) is 17.9 Å². The molecule has 0 spiro atoms. The maximum absolute atomic E-state index is 12.8. The standard InChI is InChI=1S/C25H33NO3/c1-6-11-21(26-20-14-16-22(28-5)17-15-20)18-23(19-12-9-8-10-13-19)25(3,4)24(27)29-7-2/h6,8-10,12-17,21,23,26H,1,7,11,18H2,2-5H3/t21-,23-/m1/s1. The number of hydrogen-bond donors (Lipinski definition) is 1. The molecule has 2 rings (SSSR count). The first-order valence-corrected chi connectivity index (χ1v) is 10.2.